The number of carboxylic acids is 1. The summed E-state index contributed by atoms with van der Waals surface area (Å²) in [7, 11) is 1.61. The third-order valence-corrected chi connectivity index (χ3v) is 4.49. The van der Waals surface area contributed by atoms with Crippen LogP contribution in [0.3, 0.4) is 0 Å². The van der Waals surface area contributed by atoms with Crippen LogP contribution in [-0.4, -0.2) is 41.1 Å². The molecule has 1 N–H and O–H groups in total. The standard InChI is InChI=1S/C17H23NO4/c1-12(11-13-5-7-14(22-3)8-6-13)15(19)18-10-4-9-17(18,2)16(20)21/h5-8,12H,4,9-11H2,1-3H3,(H,20,21)/t12-,17-/m0/s1. The molecule has 2 atom stereocenters. The summed E-state index contributed by atoms with van der Waals surface area (Å²) in [5.41, 5.74) is -0.0245. The number of ether oxygens (including phenoxy) is 1. The smallest absolute Gasteiger partial charge is 0.329 e. The molecule has 0 saturated carbocycles. The number of rotatable bonds is 5. The molecular weight excluding hydrogens is 282 g/mol. The number of methoxy groups -OCH3 is 1. The molecule has 0 unspecified atom stereocenters. The van der Waals surface area contributed by atoms with Gasteiger partial charge in [0.25, 0.3) is 0 Å². The lowest BCUT2D eigenvalue weighted by molar-refractivity contribution is -0.156. The Hall–Kier alpha value is -2.04. The van der Waals surface area contributed by atoms with Gasteiger partial charge in [-0.15, -0.1) is 0 Å². The van der Waals surface area contributed by atoms with Gasteiger partial charge in [-0.2, -0.15) is 0 Å². The van der Waals surface area contributed by atoms with E-state index in [0.29, 0.717) is 19.4 Å². The molecule has 1 aromatic rings. The number of carbonyl (C=O) groups is 2. The number of carbonyl (C=O) groups excluding carboxylic acids is 1. The van der Waals surface area contributed by atoms with E-state index in [1.807, 2.05) is 31.2 Å². The minimum absolute atomic E-state index is 0.0850. The van der Waals surface area contributed by atoms with Gasteiger partial charge in [0.15, 0.2) is 0 Å². The SMILES string of the molecule is COc1ccc(C[C@H](C)C(=O)N2CCC[C@@]2(C)C(=O)O)cc1. The normalized spacial score (nSPS) is 22.4. The predicted molar refractivity (Wildman–Crippen MR) is 82.8 cm³/mol. The molecule has 5 heteroatoms. The summed E-state index contributed by atoms with van der Waals surface area (Å²) in [6.07, 6.45) is 1.85. The predicted octanol–water partition coefficient (Wildman–Crippen LogP) is 2.34. The molecule has 0 radical (unpaired) electrons. The van der Waals surface area contributed by atoms with Gasteiger partial charge in [0.1, 0.15) is 11.3 Å². The maximum atomic E-state index is 12.6. The van der Waals surface area contributed by atoms with Crippen molar-refractivity contribution in [3.8, 4) is 5.75 Å². The molecule has 0 aromatic heterocycles. The Labute approximate surface area is 130 Å². The molecule has 1 amide bonds. The second-order valence-electron chi connectivity index (χ2n) is 6.13. The van der Waals surface area contributed by atoms with Crippen LogP contribution in [0.5, 0.6) is 5.75 Å². The Morgan fingerprint density at radius 2 is 2.00 bits per heavy atom. The first kappa shape index (κ1) is 16.3. The third-order valence-electron chi connectivity index (χ3n) is 4.49. The monoisotopic (exact) mass is 305 g/mol. The summed E-state index contributed by atoms with van der Waals surface area (Å²) in [4.78, 5) is 25.6. The van der Waals surface area contributed by atoms with E-state index in [2.05, 4.69) is 0 Å². The zero-order valence-corrected chi connectivity index (χ0v) is 13.3. The minimum Gasteiger partial charge on any atom is -0.497 e. The van der Waals surface area contributed by atoms with Crippen LogP contribution in [0.1, 0.15) is 32.3 Å². The van der Waals surface area contributed by atoms with Gasteiger partial charge < -0.3 is 14.7 Å². The molecule has 2 rings (SSSR count). The summed E-state index contributed by atoms with van der Waals surface area (Å²) in [5.74, 6) is -0.473. The van der Waals surface area contributed by atoms with Crippen LogP contribution in [0.2, 0.25) is 0 Å². The van der Waals surface area contributed by atoms with Crippen molar-refractivity contribution < 1.29 is 19.4 Å². The Bertz CT molecular complexity index is 554. The first-order valence-electron chi connectivity index (χ1n) is 7.56. The molecule has 1 aliphatic heterocycles. The Balaban J connectivity index is 2.06. The van der Waals surface area contributed by atoms with Crippen molar-refractivity contribution in [1.29, 1.82) is 0 Å². The first-order valence-corrected chi connectivity index (χ1v) is 7.56. The second-order valence-corrected chi connectivity index (χ2v) is 6.13. The van der Waals surface area contributed by atoms with Crippen molar-refractivity contribution in [2.75, 3.05) is 13.7 Å². The maximum absolute atomic E-state index is 12.6. The van der Waals surface area contributed by atoms with Crippen molar-refractivity contribution in [3.63, 3.8) is 0 Å². The van der Waals surface area contributed by atoms with Crippen LogP contribution in [0.4, 0.5) is 0 Å². The van der Waals surface area contributed by atoms with Gasteiger partial charge in [-0.1, -0.05) is 19.1 Å². The summed E-state index contributed by atoms with van der Waals surface area (Å²) in [5, 5.41) is 9.41. The van der Waals surface area contributed by atoms with Gasteiger partial charge in [0.05, 0.1) is 7.11 Å². The van der Waals surface area contributed by atoms with E-state index in [1.165, 1.54) is 4.90 Å². The van der Waals surface area contributed by atoms with Crippen molar-refractivity contribution in [2.45, 2.75) is 38.6 Å². The number of hydrogen-bond donors (Lipinski definition) is 1. The van der Waals surface area contributed by atoms with Crippen LogP contribution >= 0.6 is 0 Å². The molecule has 1 heterocycles. The quantitative estimate of drug-likeness (QED) is 0.906. The Morgan fingerprint density at radius 1 is 1.36 bits per heavy atom. The van der Waals surface area contributed by atoms with E-state index in [0.717, 1.165) is 17.7 Å². The molecule has 5 nitrogen and oxygen atoms in total. The van der Waals surface area contributed by atoms with Gasteiger partial charge in [-0.05, 0) is 43.9 Å². The van der Waals surface area contributed by atoms with Gasteiger partial charge in [0.2, 0.25) is 5.91 Å². The number of carboxylic acid groups (broad SMARTS) is 1. The number of likely N-dealkylation sites (tertiary alicyclic amines) is 1. The zero-order valence-electron chi connectivity index (χ0n) is 13.3. The summed E-state index contributed by atoms with van der Waals surface area (Å²) in [6.45, 7) is 4.02. The first-order chi connectivity index (χ1) is 10.4. The molecule has 1 aliphatic rings. The van der Waals surface area contributed by atoms with Gasteiger partial charge >= 0.3 is 5.97 Å². The summed E-state index contributed by atoms with van der Waals surface area (Å²) < 4.78 is 5.12. The second kappa shape index (κ2) is 6.38. The Morgan fingerprint density at radius 3 is 2.55 bits per heavy atom. The average Bonchev–Trinajstić information content (AvgIpc) is 2.90. The topological polar surface area (TPSA) is 66.8 Å². The highest BCUT2D eigenvalue weighted by atomic mass is 16.5. The van der Waals surface area contributed by atoms with Crippen molar-refractivity contribution in [3.05, 3.63) is 29.8 Å². The molecule has 1 aromatic carbocycles. The van der Waals surface area contributed by atoms with Gasteiger partial charge in [-0.3, -0.25) is 4.79 Å². The molecule has 1 fully saturated rings. The molecule has 120 valence electrons. The van der Waals surface area contributed by atoms with Crippen LogP contribution in [0, 0.1) is 5.92 Å². The van der Waals surface area contributed by atoms with Gasteiger partial charge in [-0.25, -0.2) is 4.79 Å². The van der Waals surface area contributed by atoms with Crippen LogP contribution < -0.4 is 4.74 Å². The van der Waals surface area contributed by atoms with E-state index in [4.69, 9.17) is 4.74 Å². The lowest BCUT2D eigenvalue weighted by Crippen LogP contribution is -2.52. The molecule has 0 bridgehead atoms. The largest absolute Gasteiger partial charge is 0.497 e. The molecule has 22 heavy (non-hydrogen) atoms. The highest BCUT2D eigenvalue weighted by Crippen LogP contribution is 2.31. The van der Waals surface area contributed by atoms with Crippen LogP contribution in [0.15, 0.2) is 24.3 Å². The van der Waals surface area contributed by atoms with Crippen molar-refractivity contribution >= 4 is 11.9 Å². The van der Waals surface area contributed by atoms with E-state index in [1.54, 1.807) is 14.0 Å². The lowest BCUT2D eigenvalue weighted by Gasteiger charge is -2.33. The fourth-order valence-electron chi connectivity index (χ4n) is 3.01. The van der Waals surface area contributed by atoms with E-state index >= 15 is 0 Å². The van der Waals surface area contributed by atoms with E-state index in [-0.39, 0.29) is 11.8 Å². The zero-order chi connectivity index (χ0) is 16.3. The number of nitrogens with zero attached hydrogens (tertiary/aromatic N) is 1. The minimum atomic E-state index is -1.06. The number of benzene rings is 1. The molecule has 1 saturated heterocycles. The molecule has 0 aliphatic carbocycles. The fourth-order valence-corrected chi connectivity index (χ4v) is 3.01. The highest BCUT2D eigenvalue weighted by Gasteiger charge is 2.46. The highest BCUT2D eigenvalue weighted by molar-refractivity contribution is 5.88. The number of aliphatic carboxylic acids is 1. The van der Waals surface area contributed by atoms with E-state index < -0.39 is 11.5 Å². The van der Waals surface area contributed by atoms with Crippen LogP contribution in [0.25, 0.3) is 0 Å². The number of hydrogen-bond acceptors (Lipinski definition) is 3. The summed E-state index contributed by atoms with van der Waals surface area (Å²) >= 11 is 0. The van der Waals surface area contributed by atoms with Crippen molar-refractivity contribution in [1.82, 2.24) is 4.90 Å². The average molecular weight is 305 g/mol. The van der Waals surface area contributed by atoms with Crippen LogP contribution in [-0.2, 0) is 16.0 Å². The molecular formula is C17H23NO4. The molecule has 0 spiro atoms. The van der Waals surface area contributed by atoms with Crippen molar-refractivity contribution in [2.24, 2.45) is 5.92 Å². The fraction of sp³-hybridized carbons (Fsp3) is 0.529. The summed E-state index contributed by atoms with van der Waals surface area (Å²) in [6, 6.07) is 7.60. The maximum Gasteiger partial charge on any atom is 0.329 e. The Kier molecular flexibility index (Phi) is 4.74. The lowest BCUT2D eigenvalue weighted by atomic mass is 9.95. The van der Waals surface area contributed by atoms with E-state index in [9.17, 15) is 14.7 Å². The number of amides is 1. The van der Waals surface area contributed by atoms with Gasteiger partial charge in [0, 0.05) is 12.5 Å². The third kappa shape index (κ3) is 3.08.